The van der Waals surface area contributed by atoms with E-state index < -0.39 is 0 Å². The summed E-state index contributed by atoms with van der Waals surface area (Å²) in [7, 11) is 0. The van der Waals surface area contributed by atoms with Crippen molar-refractivity contribution >= 4 is 15.9 Å². The van der Waals surface area contributed by atoms with Gasteiger partial charge in [0, 0.05) is 17.3 Å². The second-order valence-corrected chi connectivity index (χ2v) is 7.29. The molecule has 1 aliphatic heterocycles. The molecular formula is C16H19BrO2. The predicted molar refractivity (Wildman–Crippen MR) is 77.1 cm³/mol. The molecule has 1 saturated heterocycles. The summed E-state index contributed by atoms with van der Waals surface area (Å²) in [6.45, 7) is 1.56. The van der Waals surface area contributed by atoms with Crippen LogP contribution in [0.15, 0.2) is 22.7 Å². The molecule has 0 unspecified atom stereocenters. The molecule has 2 nitrogen and oxygen atoms in total. The van der Waals surface area contributed by atoms with Crippen molar-refractivity contribution in [3.8, 4) is 0 Å². The van der Waals surface area contributed by atoms with Crippen molar-refractivity contribution in [1.82, 2.24) is 0 Å². The van der Waals surface area contributed by atoms with Crippen molar-refractivity contribution in [1.29, 1.82) is 0 Å². The van der Waals surface area contributed by atoms with E-state index >= 15 is 0 Å². The van der Waals surface area contributed by atoms with Gasteiger partial charge in [0.15, 0.2) is 5.79 Å². The van der Waals surface area contributed by atoms with E-state index in [1.165, 1.54) is 30.2 Å². The van der Waals surface area contributed by atoms with Crippen LogP contribution in [0, 0.1) is 5.41 Å². The molecule has 1 aromatic rings. The summed E-state index contributed by atoms with van der Waals surface area (Å²) in [6.07, 6.45) is 7.09. The lowest BCUT2D eigenvalue weighted by Gasteiger charge is -2.41. The topological polar surface area (TPSA) is 18.5 Å². The van der Waals surface area contributed by atoms with Crippen LogP contribution in [-0.2, 0) is 22.3 Å². The van der Waals surface area contributed by atoms with Gasteiger partial charge >= 0.3 is 0 Å². The number of hydrogen-bond donors (Lipinski definition) is 0. The van der Waals surface area contributed by atoms with Gasteiger partial charge in [0.25, 0.3) is 0 Å². The zero-order chi connectivity index (χ0) is 12.9. The Balaban J connectivity index is 1.53. The van der Waals surface area contributed by atoms with Gasteiger partial charge in [0.2, 0.25) is 0 Å². The number of benzene rings is 1. The van der Waals surface area contributed by atoms with Crippen LogP contribution in [0.25, 0.3) is 0 Å². The number of rotatable bonds is 0. The van der Waals surface area contributed by atoms with Crippen LogP contribution in [0.1, 0.15) is 36.8 Å². The number of fused-ring (bicyclic) bond motifs is 1. The van der Waals surface area contributed by atoms with Gasteiger partial charge in [-0.3, -0.25) is 0 Å². The van der Waals surface area contributed by atoms with E-state index in [2.05, 4.69) is 34.1 Å². The minimum absolute atomic E-state index is 0.222. The third-order valence-electron chi connectivity index (χ3n) is 5.19. The monoisotopic (exact) mass is 322 g/mol. The summed E-state index contributed by atoms with van der Waals surface area (Å²) in [5.74, 6) is -0.222. The summed E-state index contributed by atoms with van der Waals surface area (Å²) in [5.41, 5.74) is 3.56. The van der Waals surface area contributed by atoms with E-state index in [1.807, 2.05) is 0 Å². The molecule has 0 N–H and O–H groups in total. The first-order valence-corrected chi connectivity index (χ1v) is 8.03. The lowest BCUT2D eigenvalue weighted by atomic mass is 9.70. The highest BCUT2D eigenvalue weighted by Gasteiger charge is 2.48. The number of halogens is 1. The standard InChI is InChI=1S/C16H19BrO2/c17-14-2-1-12-10-15(11-13(12)9-14)3-5-16(6-4-15)18-7-8-19-16/h1-2,9H,3-8,10-11H2. The van der Waals surface area contributed by atoms with Crippen molar-refractivity contribution in [2.45, 2.75) is 44.3 Å². The van der Waals surface area contributed by atoms with Gasteiger partial charge < -0.3 is 9.47 Å². The first-order valence-electron chi connectivity index (χ1n) is 7.24. The van der Waals surface area contributed by atoms with E-state index in [0.29, 0.717) is 5.41 Å². The Morgan fingerprint density at radius 3 is 2.32 bits per heavy atom. The Morgan fingerprint density at radius 1 is 0.895 bits per heavy atom. The predicted octanol–water partition coefficient (Wildman–Crippen LogP) is 3.85. The fourth-order valence-corrected chi connectivity index (χ4v) is 4.51. The molecular weight excluding hydrogens is 304 g/mol. The summed E-state index contributed by atoms with van der Waals surface area (Å²) < 4.78 is 12.9. The van der Waals surface area contributed by atoms with Crippen molar-refractivity contribution < 1.29 is 9.47 Å². The Kier molecular flexibility index (Phi) is 2.80. The van der Waals surface area contributed by atoms with Crippen molar-refractivity contribution in [2.24, 2.45) is 5.41 Å². The number of hydrogen-bond acceptors (Lipinski definition) is 2. The van der Waals surface area contributed by atoms with E-state index in [4.69, 9.17) is 9.47 Å². The third kappa shape index (κ3) is 2.07. The Hall–Kier alpha value is -0.380. The van der Waals surface area contributed by atoms with Crippen molar-refractivity contribution in [3.63, 3.8) is 0 Å². The second-order valence-electron chi connectivity index (χ2n) is 6.37. The van der Waals surface area contributed by atoms with Crippen LogP contribution in [0.5, 0.6) is 0 Å². The SMILES string of the molecule is Brc1ccc2c(c1)CC1(CCC3(CC1)OCCO3)C2. The van der Waals surface area contributed by atoms with Gasteiger partial charge in [0.05, 0.1) is 13.2 Å². The van der Waals surface area contributed by atoms with Crippen LogP contribution in [-0.4, -0.2) is 19.0 Å². The van der Waals surface area contributed by atoms with Gasteiger partial charge in [-0.05, 0) is 54.4 Å². The van der Waals surface area contributed by atoms with E-state index in [9.17, 15) is 0 Å². The molecule has 4 rings (SSSR count). The van der Waals surface area contributed by atoms with Crippen LogP contribution in [0.4, 0.5) is 0 Å². The molecule has 0 bridgehead atoms. The fourth-order valence-electron chi connectivity index (χ4n) is 4.10. The molecule has 3 aliphatic rings. The largest absolute Gasteiger partial charge is 0.348 e. The molecule has 2 aliphatic carbocycles. The molecule has 0 amide bonds. The zero-order valence-electron chi connectivity index (χ0n) is 11.1. The summed E-state index contributed by atoms with van der Waals surface area (Å²) >= 11 is 3.59. The highest BCUT2D eigenvalue weighted by Crippen LogP contribution is 2.51. The first kappa shape index (κ1) is 12.4. The first-order chi connectivity index (χ1) is 9.19. The van der Waals surface area contributed by atoms with E-state index in [-0.39, 0.29) is 5.79 Å². The second kappa shape index (κ2) is 4.31. The molecule has 2 spiro atoms. The van der Waals surface area contributed by atoms with Crippen LogP contribution >= 0.6 is 15.9 Å². The lowest BCUT2D eigenvalue weighted by molar-refractivity contribution is -0.191. The van der Waals surface area contributed by atoms with Gasteiger partial charge in [-0.15, -0.1) is 0 Å². The zero-order valence-corrected chi connectivity index (χ0v) is 12.7. The molecule has 102 valence electrons. The lowest BCUT2D eigenvalue weighted by Crippen LogP contribution is -2.40. The average molecular weight is 323 g/mol. The molecule has 1 saturated carbocycles. The van der Waals surface area contributed by atoms with Crippen LogP contribution < -0.4 is 0 Å². The Bertz CT molecular complexity index is 495. The molecule has 0 atom stereocenters. The average Bonchev–Trinajstić information content (AvgIpc) is 2.98. The van der Waals surface area contributed by atoms with Gasteiger partial charge in [-0.2, -0.15) is 0 Å². The van der Waals surface area contributed by atoms with E-state index in [0.717, 1.165) is 26.1 Å². The Morgan fingerprint density at radius 2 is 1.58 bits per heavy atom. The highest BCUT2D eigenvalue weighted by molar-refractivity contribution is 9.10. The summed E-state index contributed by atoms with van der Waals surface area (Å²) in [5, 5.41) is 0. The van der Waals surface area contributed by atoms with Crippen LogP contribution in [0.3, 0.4) is 0 Å². The molecule has 0 aromatic heterocycles. The van der Waals surface area contributed by atoms with Crippen LogP contribution in [0.2, 0.25) is 0 Å². The third-order valence-corrected chi connectivity index (χ3v) is 5.68. The maximum atomic E-state index is 5.85. The van der Waals surface area contributed by atoms with Gasteiger partial charge in [-0.1, -0.05) is 22.0 Å². The van der Waals surface area contributed by atoms with Crippen molar-refractivity contribution in [3.05, 3.63) is 33.8 Å². The molecule has 1 heterocycles. The summed E-state index contributed by atoms with van der Waals surface area (Å²) in [4.78, 5) is 0. The Labute approximate surface area is 122 Å². The highest BCUT2D eigenvalue weighted by atomic mass is 79.9. The molecule has 2 fully saturated rings. The minimum Gasteiger partial charge on any atom is -0.348 e. The smallest absolute Gasteiger partial charge is 0.168 e. The van der Waals surface area contributed by atoms with Crippen molar-refractivity contribution in [2.75, 3.05) is 13.2 Å². The maximum absolute atomic E-state index is 5.85. The minimum atomic E-state index is -0.222. The van der Waals surface area contributed by atoms with Gasteiger partial charge in [0.1, 0.15) is 0 Å². The maximum Gasteiger partial charge on any atom is 0.168 e. The van der Waals surface area contributed by atoms with Gasteiger partial charge in [-0.25, -0.2) is 0 Å². The molecule has 19 heavy (non-hydrogen) atoms. The fraction of sp³-hybridized carbons (Fsp3) is 0.625. The number of ether oxygens (including phenoxy) is 2. The molecule has 3 heteroatoms. The van der Waals surface area contributed by atoms with E-state index in [1.54, 1.807) is 11.1 Å². The molecule has 0 radical (unpaired) electrons. The quantitative estimate of drug-likeness (QED) is 0.722. The normalized spacial score (nSPS) is 27.0. The summed E-state index contributed by atoms with van der Waals surface area (Å²) in [6, 6.07) is 6.77. The molecule has 1 aromatic carbocycles.